The molecule has 1 aromatic heterocycles. The molecule has 0 saturated carbocycles. The second kappa shape index (κ2) is 8.73. The van der Waals surface area contributed by atoms with Crippen molar-refractivity contribution in [1.82, 2.24) is 30.4 Å². The number of hydrogen-bond donors (Lipinski definition) is 1. The van der Waals surface area contributed by atoms with Crippen molar-refractivity contribution >= 4 is 5.91 Å². The minimum atomic E-state index is -0.121. The Hall–Kier alpha value is -3.10. The number of amides is 1. The highest BCUT2D eigenvalue weighted by molar-refractivity contribution is 5.94. The Morgan fingerprint density at radius 1 is 1.11 bits per heavy atom. The summed E-state index contributed by atoms with van der Waals surface area (Å²) in [5.41, 5.74) is 2.50. The number of nitrogens with zero attached hydrogens (tertiary/aromatic N) is 5. The smallest absolute Gasteiger partial charge is 0.251 e. The molecule has 28 heavy (non-hydrogen) atoms. The molecule has 1 unspecified atom stereocenters. The van der Waals surface area contributed by atoms with Gasteiger partial charge in [0.25, 0.3) is 5.91 Å². The summed E-state index contributed by atoms with van der Waals surface area (Å²) in [4.78, 5) is 15.1. The monoisotopic (exact) mass is 378 g/mol. The van der Waals surface area contributed by atoms with Gasteiger partial charge in [-0.05, 0) is 34.2 Å². The van der Waals surface area contributed by atoms with Crippen LogP contribution in [-0.2, 0) is 4.74 Å². The summed E-state index contributed by atoms with van der Waals surface area (Å²) in [7, 11) is 0. The van der Waals surface area contributed by atoms with E-state index in [1.54, 1.807) is 12.1 Å². The summed E-state index contributed by atoms with van der Waals surface area (Å²) in [5.74, 6) is -0.121. The topological polar surface area (TPSA) is 85.2 Å². The van der Waals surface area contributed by atoms with Crippen molar-refractivity contribution in [1.29, 1.82) is 0 Å². The van der Waals surface area contributed by atoms with Crippen LogP contribution in [0.25, 0.3) is 5.69 Å². The van der Waals surface area contributed by atoms with E-state index in [2.05, 4.69) is 37.9 Å². The first-order valence-corrected chi connectivity index (χ1v) is 9.29. The lowest BCUT2D eigenvalue weighted by atomic mass is 10.0. The SMILES string of the molecule is O=C(NCC(c1ccccc1)N1CCOCC1)c1cccc(-n2cnnn2)c1. The number of carbonyl (C=O) groups is 1. The van der Waals surface area contributed by atoms with Crippen LogP contribution in [0.1, 0.15) is 22.0 Å². The molecule has 1 atom stereocenters. The van der Waals surface area contributed by atoms with Crippen molar-refractivity contribution in [2.45, 2.75) is 6.04 Å². The highest BCUT2D eigenvalue weighted by Gasteiger charge is 2.23. The first-order valence-electron chi connectivity index (χ1n) is 9.29. The van der Waals surface area contributed by atoms with E-state index in [9.17, 15) is 4.79 Å². The Morgan fingerprint density at radius 2 is 1.93 bits per heavy atom. The Kier molecular flexibility index (Phi) is 5.69. The lowest BCUT2D eigenvalue weighted by Gasteiger charge is -2.35. The fourth-order valence-corrected chi connectivity index (χ4v) is 3.38. The predicted octanol–water partition coefficient (Wildman–Crippen LogP) is 1.47. The zero-order valence-corrected chi connectivity index (χ0v) is 15.4. The number of nitrogens with one attached hydrogen (secondary N) is 1. The van der Waals surface area contributed by atoms with Gasteiger partial charge in [0.05, 0.1) is 24.9 Å². The van der Waals surface area contributed by atoms with Crippen molar-refractivity contribution in [2.24, 2.45) is 0 Å². The maximum absolute atomic E-state index is 12.8. The van der Waals surface area contributed by atoms with Crippen LogP contribution in [0.3, 0.4) is 0 Å². The zero-order valence-electron chi connectivity index (χ0n) is 15.4. The molecular formula is C20H22N6O2. The number of rotatable bonds is 6. The predicted molar refractivity (Wildman–Crippen MR) is 103 cm³/mol. The van der Waals surface area contributed by atoms with Crippen LogP contribution >= 0.6 is 0 Å². The third kappa shape index (κ3) is 4.24. The molecular weight excluding hydrogens is 356 g/mol. The Balaban J connectivity index is 1.47. The van der Waals surface area contributed by atoms with E-state index < -0.39 is 0 Å². The van der Waals surface area contributed by atoms with Gasteiger partial charge in [-0.1, -0.05) is 36.4 Å². The maximum Gasteiger partial charge on any atom is 0.251 e. The summed E-state index contributed by atoms with van der Waals surface area (Å²) in [6.45, 7) is 3.66. The average molecular weight is 378 g/mol. The first kappa shape index (κ1) is 18.3. The zero-order chi connectivity index (χ0) is 19.2. The summed E-state index contributed by atoms with van der Waals surface area (Å²) >= 11 is 0. The number of tetrazole rings is 1. The quantitative estimate of drug-likeness (QED) is 0.699. The van der Waals surface area contributed by atoms with Gasteiger partial charge >= 0.3 is 0 Å². The molecule has 0 spiro atoms. The van der Waals surface area contributed by atoms with Crippen molar-refractivity contribution in [3.05, 3.63) is 72.1 Å². The van der Waals surface area contributed by atoms with Crippen molar-refractivity contribution in [3.8, 4) is 5.69 Å². The fraction of sp³-hybridized carbons (Fsp3) is 0.300. The number of hydrogen-bond acceptors (Lipinski definition) is 6. The van der Waals surface area contributed by atoms with E-state index in [-0.39, 0.29) is 11.9 Å². The highest BCUT2D eigenvalue weighted by Crippen LogP contribution is 2.21. The van der Waals surface area contributed by atoms with Gasteiger partial charge in [-0.3, -0.25) is 9.69 Å². The van der Waals surface area contributed by atoms with Gasteiger partial charge in [0.15, 0.2) is 0 Å². The molecule has 1 fully saturated rings. The van der Waals surface area contributed by atoms with Crippen LogP contribution < -0.4 is 5.32 Å². The molecule has 4 rings (SSSR count). The molecule has 2 heterocycles. The molecule has 0 aliphatic carbocycles. The average Bonchev–Trinajstić information content (AvgIpc) is 3.30. The lowest BCUT2D eigenvalue weighted by molar-refractivity contribution is 0.0162. The summed E-state index contributed by atoms with van der Waals surface area (Å²) in [6.07, 6.45) is 1.50. The standard InChI is InChI=1S/C20H22N6O2/c27-20(17-7-4-8-18(13-17)26-15-22-23-24-26)21-14-19(16-5-2-1-3-6-16)25-9-11-28-12-10-25/h1-8,13,15,19H,9-12,14H2,(H,21,27). The fourth-order valence-electron chi connectivity index (χ4n) is 3.38. The molecule has 8 nitrogen and oxygen atoms in total. The highest BCUT2D eigenvalue weighted by atomic mass is 16.5. The van der Waals surface area contributed by atoms with E-state index in [1.165, 1.54) is 16.6 Å². The molecule has 1 N–H and O–H groups in total. The van der Waals surface area contributed by atoms with E-state index in [1.807, 2.05) is 30.3 Å². The first-order chi connectivity index (χ1) is 13.8. The van der Waals surface area contributed by atoms with Crippen LogP contribution in [0.4, 0.5) is 0 Å². The Labute approximate surface area is 163 Å². The van der Waals surface area contributed by atoms with Gasteiger partial charge in [-0.25, -0.2) is 4.68 Å². The van der Waals surface area contributed by atoms with Crippen LogP contribution in [0, 0.1) is 0 Å². The van der Waals surface area contributed by atoms with Gasteiger partial charge in [-0.15, -0.1) is 5.10 Å². The Morgan fingerprint density at radius 3 is 2.68 bits per heavy atom. The van der Waals surface area contributed by atoms with Crippen LogP contribution in [0.2, 0.25) is 0 Å². The van der Waals surface area contributed by atoms with Crippen LogP contribution in [-0.4, -0.2) is 63.9 Å². The van der Waals surface area contributed by atoms with Gasteiger partial charge < -0.3 is 10.1 Å². The molecule has 1 saturated heterocycles. The third-order valence-corrected chi connectivity index (χ3v) is 4.85. The minimum absolute atomic E-state index is 0.108. The number of morpholine rings is 1. The van der Waals surface area contributed by atoms with Gasteiger partial charge in [0.1, 0.15) is 6.33 Å². The summed E-state index contributed by atoms with van der Waals surface area (Å²) in [5, 5.41) is 14.2. The third-order valence-electron chi connectivity index (χ3n) is 4.85. The second-order valence-electron chi connectivity index (χ2n) is 6.59. The van der Waals surface area contributed by atoms with E-state index in [0.29, 0.717) is 25.3 Å². The molecule has 0 radical (unpaired) electrons. The molecule has 144 valence electrons. The number of aromatic nitrogens is 4. The molecule has 2 aromatic carbocycles. The van der Waals surface area contributed by atoms with Crippen LogP contribution in [0.5, 0.6) is 0 Å². The second-order valence-corrected chi connectivity index (χ2v) is 6.59. The molecule has 3 aromatic rings. The van der Waals surface area contributed by atoms with Crippen LogP contribution in [0.15, 0.2) is 60.9 Å². The largest absolute Gasteiger partial charge is 0.379 e. The number of benzene rings is 2. The molecule has 1 aliphatic heterocycles. The van der Waals surface area contributed by atoms with Gasteiger partial charge in [-0.2, -0.15) is 0 Å². The molecule has 1 aliphatic rings. The van der Waals surface area contributed by atoms with Crippen molar-refractivity contribution in [2.75, 3.05) is 32.8 Å². The van der Waals surface area contributed by atoms with E-state index in [0.717, 1.165) is 18.8 Å². The van der Waals surface area contributed by atoms with E-state index >= 15 is 0 Å². The van der Waals surface area contributed by atoms with Crippen molar-refractivity contribution in [3.63, 3.8) is 0 Å². The van der Waals surface area contributed by atoms with E-state index in [4.69, 9.17) is 4.74 Å². The Bertz CT molecular complexity index is 894. The van der Waals surface area contributed by atoms with Gasteiger partial charge in [0.2, 0.25) is 0 Å². The summed E-state index contributed by atoms with van der Waals surface area (Å²) < 4.78 is 7.01. The number of ether oxygens (including phenoxy) is 1. The molecule has 0 bridgehead atoms. The molecule has 8 heteroatoms. The van der Waals surface area contributed by atoms with Gasteiger partial charge in [0, 0.05) is 25.2 Å². The normalized spacial score (nSPS) is 15.9. The minimum Gasteiger partial charge on any atom is -0.379 e. The lowest BCUT2D eigenvalue weighted by Crippen LogP contribution is -2.43. The van der Waals surface area contributed by atoms with Crippen molar-refractivity contribution < 1.29 is 9.53 Å². The summed E-state index contributed by atoms with van der Waals surface area (Å²) in [6, 6.07) is 17.6. The number of carbonyl (C=O) groups excluding carboxylic acids is 1. The maximum atomic E-state index is 12.8. The molecule has 1 amide bonds.